The van der Waals surface area contributed by atoms with Crippen LogP contribution in [-0.4, -0.2) is 38.0 Å². The van der Waals surface area contributed by atoms with Crippen LogP contribution in [0.3, 0.4) is 0 Å². The molecule has 0 amide bonds. The fourth-order valence-electron chi connectivity index (χ4n) is 2.95. The summed E-state index contributed by atoms with van der Waals surface area (Å²) in [4.78, 5) is 20.6. The molecule has 29 heavy (non-hydrogen) atoms. The summed E-state index contributed by atoms with van der Waals surface area (Å²) >= 11 is 5.64. The van der Waals surface area contributed by atoms with E-state index in [-0.39, 0.29) is 0 Å². The number of hydrogen-bond donors (Lipinski definition) is 1. The number of halogens is 1. The van der Waals surface area contributed by atoms with Gasteiger partial charge in [0, 0.05) is 0 Å². The first-order chi connectivity index (χ1) is 14.1. The van der Waals surface area contributed by atoms with Crippen LogP contribution >= 0.6 is 11.6 Å². The zero-order valence-electron chi connectivity index (χ0n) is 15.2. The van der Waals surface area contributed by atoms with Crippen LogP contribution in [0.5, 0.6) is 0 Å². The summed E-state index contributed by atoms with van der Waals surface area (Å²) in [5, 5.41) is 11.1. The van der Waals surface area contributed by atoms with Crippen molar-refractivity contribution >= 4 is 64.8 Å². The fraction of sp³-hybridized carbons (Fsp3) is 0. The van der Waals surface area contributed by atoms with Crippen molar-refractivity contribution in [1.29, 1.82) is 0 Å². The molecule has 0 unspecified atom stereocenters. The van der Waals surface area contributed by atoms with Crippen LogP contribution < -0.4 is 8.70 Å². The van der Waals surface area contributed by atoms with Gasteiger partial charge in [0.2, 0.25) is 0 Å². The fourth-order valence-corrected chi connectivity index (χ4v) is 5.41. The van der Waals surface area contributed by atoms with Gasteiger partial charge in [-0.25, -0.2) is 0 Å². The third-order valence-corrected chi connectivity index (χ3v) is 7.20. The van der Waals surface area contributed by atoms with E-state index in [4.69, 9.17) is 16.6 Å². The van der Waals surface area contributed by atoms with Crippen molar-refractivity contribution in [2.75, 3.05) is 0 Å². The van der Waals surface area contributed by atoms with Crippen LogP contribution in [0.1, 0.15) is 15.9 Å². The standard InChI is InChI=1S/C23H15AsClN2O2/c25-16-9-10-20(24-19-7-3-1-6-18(19)23(28)29)22(13-16)27-14-15-11-12-26-21-8-4-2-5-17(15)21/h1-14H,(H,28,29). The summed E-state index contributed by atoms with van der Waals surface area (Å²) in [7, 11) is 0. The van der Waals surface area contributed by atoms with Crippen molar-refractivity contribution in [3.63, 3.8) is 0 Å². The average Bonchev–Trinajstić information content (AvgIpc) is 2.74. The van der Waals surface area contributed by atoms with E-state index >= 15 is 0 Å². The molecule has 0 bridgehead atoms. The first kappa shape index (κ1) is 19.4. The number of carbonyl (C=O) groups is 1. The number of pyridine rings is 1. The van der Waals surface area contributed by atoms with Crippen molar-refractivity contribution in [2.24, 2.45) is 4.99 Å². The van der Waals surface area contributed by atoms with E-state index in [0.29, 0.717) is 10.6 Å². The van der Waals surface area contributed by atoms with Crippen molar-refractivity contribution < 1.29 is 9.90 Å². The van der Waals surface area contributed by atoms with E-state index in [1.165, 1.54) is 0 Å². The molecular formula is C23H15AsClN2O2. The van der Waals surface area contributed by atoms with E-state index in [0.717, 1.165) is 30.9 Å². The van der Waals surface area contributed by atoms with Gasteiger partial charge in [-0.1, -0.05) is 0 Å². The summed E-state index contributed by atoms with van der Waals surface area (Å²) < 4.78 is 1.82. The Bertz CT molecular complexity index is 1240. The summed E-state index contributed by atoms with van der Waals surface area (Å²) in [6, 6.07) is 22.5. The molecule has 141 valence electrons. The molecular weight excluding hydrogens is 447 g/mol. The molecule has 1 radical (unpaired) electrons. The third kappa shape index (κ3) is 4.40. The Kier molecular flexibility index (Phi) is 5.75. The van der Waals surface area contributed by atoms with Crippen molar-refractivity contribution in [2.45, 2.75) is 0 Å². The number of benzene rings is 3. The SMILES string of the molecule is O=C(O)c1ccccc1[As]c1ccc(Cl)cc1N=Cc1ccnc2ccccc12. The molecule has 1 heterocycles. The molecule has 0 fully saturated rings. The number of aromatic carboxylic acids is 1. The third-order valence-electron chi connectivity index (χ3n) is 4.34. The normalized spacial score (nSPS) is 11.6. The minimum absolute atomic E-state index is 0.331. The predicted octanol–water partition coefficient (Wildman–Crippen LogP) is 3.99. The maximum atomic E-state index is 11.5. The minimum atomic E-state index is -0.918. The van der Waals surface area contributed by atoms with Crippen molar-refractivity contribution in [3.8, 4) is 0 Å². The summed E-state index contributed by atoms with van der Waals surface area (Å²) in [6.07, 6.45) is 3.57. The molecule has 0 atom stereocenters. The molecule has 0 aliphatic heterocycles. The molecule has 4 nitrogen and oxygen atoms in total. The van der Waals surface area contributed by atoms with E-state index in [2.05, 4.69) is 4.98 Å². The molecule has 0 aliphatic rings. The first-order valence-electron chi connectivity index (χ1n) is 8.83. The van der Waals surface area contributed by atoms with Crippen LogP contribution in [0, 0.1) is 0 Å². The monoisotopic (exact) mass is 461 g/mol. The second kappa shape index (κ2) is 8.60. The van der Waals surface area contributed by atoms with Crippen LogP contribution in [0.4, 0.5) is 5.69 Å². The first-order valence-corrected chi connectivity index (χ1v) is 11.1. The Morgan fingerprint density at radius 3 is 2.66 bits per heavy atom. The number of para-hydroxylation sites is 1. The van der Waals surface area contributed by atoms with E-state index in [9.17, 15) is 9.90 Å². The number of nitrogens with zero attached hydrogens (tertiary/aromatic N) is 2. The molecule has 6 heteroatoms. The van der Waals surface area contributed by atoms with E-state index < -0.39 is 21.7 Å². The Balaban J connectivity index is 1.73. The average molecular weight is 462 g/mol. The number of fused-ring (bicyclic) bond motifs is 1. The summed E-state index contributed by atoms with van der Waals surface area (Å²) in [6.45, 7) is 0. The summed E-state index contributed by atoms with van der Waals surface area (Å²) in [5.74, 6) is -0.918. The molecule has 3 aromatic carbocycles. The van der Waals surface area contributed by atoms with Gasteiger partial charge in [-0.15, -0.1) is 0 Å². The van der Waals surface area contributed by atoms with Gasteiger partial charge in [0.1, 0.15) is 0 Å². The summed E-state index contributed by atoms with van der Waals surface area (Å²) in [5.41, 5.74) is 2.95. The second-order valence-corrected chi connectivity index (χ2v) is 9.17. The van der Waals surface area contributed by atoms with Gasteiger partial charge in [0.25, 0.3) is 0 Å². The van der Waals surface area contributed by atoms with Crippen LogP contribution in [0.15, 0.2) is 84.0 Å². The number of aromatic nitrogens is 1. The topological polar surface area (TPSA) is 62.5 Å². The van der Waals surface area contributed by atoms with E-state index in [1.807, 2.05) is 66.9 Å². The van der Waals surface area contributed by atoms with Crippen LogP contribution in [0.25, 0.3) is 10.9 Å². The molecule has 4 rings (SSSR count). The van der Waals surface area contributed by atoms with Gasteiger partial charge in [0.05, 0.1) is 0 Å². The van der Waals surface area contributed by atoms with Crippen LogP contribution in [0.2, 0.25) is 5.02 Å². The zero-order valence-corrected chi connectivity index (χ0v) is 17.8. The molecule has 0 saturated carbocycles. The van der Waals surface area contributed by atoms with Gasteiger partial charge in [0.15, 0.2) is 0 Å². The molecule has 0 aliphatic carbocycles. The Morgan fingerprint density at radius 1 is 1.00 bits per heavy atom. The predicted molar refractivity (Wildman–Crippen MR) is 119 cm³/mol. The maximum absolute atomic E-state index is 11.5. The molecule has 0 saturated heterocycles. The number of aliphatic imine (C=N–C) groups is 1. The van der Waals surface area contributed by atoms with Crippen molar-refractivity contribution in [3.05, 3.63) is 95.1 Å². The Hall–Kier alpha value is -2.94. The zero-order chi connectivity index (χ0) is 20.2. The van der Waals surface area contributed by atoms with Gasteiger partial charge in [-0.05, 0) is 0 Å². The molecule has 1 N–H and O–H groups in total. The number of carboxylic acids is 1. The van der Waals surface area contributed by atoms with Gasteiger partial charge < -0.3 is 0 Å². The number of carboxylic acid groups (broad SMARTS) is 1. The van der Waals surface area contributed by atoms with Crippen LogP contribution in [-0.2, 0) is 0 Å². The van der Waals surface area contributed by atoms with Gasteiger partial charge in [-0.2, -0.15) is 0 Å². The molecule has 4 aromatic rings. The second-order valence-electron chi connectivity index (χ2n) is 6.24. The molecule has 0 spiro atoms. The van der Waals surface area contributed by atoms with Crippen molar-refractivity contribution in [1.82, 2.24) is 4.98 Å². The van der Waals surface area contributed by atoms with Gasteiger partial charge >= 0.3 is 180 Å². The quantitative estimate of drug-likeness (QED) is 0.361. The van der Waals surface area contributed by atoms with E-state index in [1.54, 1.807) is 18.3 Å². The number of rotatable bonds is 5. The Labute approximate surface area is 179 Å². The number of hydrogen-bond acceptors (Lipinski definition) is 3. The Morgan fingerprint density at radius 2 is 1.79 bits per heavy atom. The molecule has 1 aromatic heterocycles. The van der Waals surface area contributed by atoms with Gasteiger partial charge in [-0.3, -0.25) is 0 Å².